The molecule has 1 aromatic carbocycles. The number of hydrogen-bond donors (Lipinski definition) is 2. The molecule has 136 valence electrons. The van der Waals surface area contributed by atoms with Crippen LogP contribution in [0.5, 0.6) is 0 Å². The Balaban J connectivity index is 0.00000288. The van der Waals surface area contributed by atoms with Crippen molar-refractivity contribution in [3.05, 3.63) is 35.4 Å². The van der Waals surface area contributed by atoms with Crippen LogP contribution in [0.15, 0.2) is 24.3 Å². The van der Waals surface area contributed by atoms with E-state index in [4.69, 9.17) is 5.73 Å². The third-order valence-corrected chi connectivity index (χ3v) is 5.55. The number of sulfone groups is 1. The summed E-state index contributed by atoms with van der Waals surface area (Å²) in [5, 5.41) is 2.99. The lowest BCUT2D eigenvalue weighted by Crippen LogP contribution is -2.44. The molecule has 2 rings (SSSR count). The van der Waals surface area contributed by atoms with Crippen molar-refractivity contribution < 1.29 is 13.2 Å². The lowest BCUT2D eigenvalue weighted by molar-refractivity contribution is -0.123. The molecule has 0 spiro atoms. The first kappa shape index (κ1) is 20.9. The number of amides is 1. The van der Waals surface area contributed by atoms with Crippen LogP contribution >= 0.6 is 12.4 Å². The Bertz CT molecular complexity index is 689. The molecule has 1 amide bonds. The van der Waals surface area contributed by atoms with Crippen LogP contribution in [0.4, 0.5) is 0 Å². The second-order valence-electron chi connectivity index (χ2n) is 7.10. The van der Waals surface area contributed by atoms with E-state index in [0.717, 1.165) is 24.7 Å². The van der Waals surface area contributed by atoms with Crippen LogP contribution in [-0.4, -0.2) is 32.4 Å². The van der Waals surface area contributed by atoms with Gasteiger partial charge in [-0.1, -0.05) is 38.1 Å². The fourth-order valence-electron chi connectivity index (χ4n) is 3.11. The molecule has 1 aliphatic rings. The second kappa shape index (κ2) is 7.85. The molecule has 0 radical (unpaired) electrons. The summed E-state index contributed by atoms with van der Waals surface area (Å²) in [7, 11) is -3.11. The van der Waals surface area contributed by atoms with Gasteiger partial charge in [-0.3, -0.25) is 4.79 Å². The minimum absolute atomic E-state index is 0. The number of carbonyl (C=O) groups excluding carboxylic acids is 1. The maximum Gasteiger partial charge on any atom is 0.237 e. The molecule has 24 heavy (non-hydrogen) atoms. The average molecular weight is 375 g/mol. The highest BCUT2D eigenvalue weighted by molar-refractivity contribution is 7.90. The molecular formula is C17H27ClN2O3S. The molecule has 0 saturated carbocycles. The average Bonchev–Trinajstić information content (AvgIpc) is 2.47. The van der Waals surface area contributed by atoms with Crippen LogP contribution in [-0.2, 0) is 20.0 Å². The number of carbonyl (C=O) groups is 1. The zero-order chi connectivity index (χ0) is 17.3. The van der Waals surface area contributed by atoms with E-state index in [1.54, 1.807) is 0 Å². The Morgan fingerprint density at radius 2 is 2.00 bits per heavy atom. The van der Waals surface area contributed by atoms with Crippen molar-refractivity contribution in [2.45, 2.75) is 50.6 Å². The number of fused-ring (bicyclic) bond motifs is 1. The molecule has 5 nitrogen and oxygen atoms in total. The summed E-state index contributed by atoms with van der Waals surface area (Å²) in [5.74, 6) is -0.358. The van der Waals surface area contributed by atoms with Gasteiger partial charge in [-0.15, -0.1) is 12.4 Å². The molecule has 0 bridgehead atoms. The van der Waals surface area contributed by atoms with Gasteiger partial charge >= 0.3 is 0 Å². The van der Waals surface area contributed by atoms with E-state index in [0.29, 0.717) is 0 Å². The van der Waals surface area contributed by atoms with Crippen LogP contribution in [0.3, 0.4) is 0 Å². The van der Waals surface area contributed by atoms with Crippen molar-refractivity contribution in [1.29, 1.82) is 0 Å². The van der Waals surface area contributed by atoms with Gasteiger partial charge in [0.15, 0.2) is 0 Å². The first-order valence-electron chi connectivity index (χ1n) is 7.93. The number of nitrogens with one attached hydrogen (secondary N) is 1. The lowest BCUT2D eigenvalue weighted by Gasteiger charge is -2.37. The second-order valence-corrected chi connectivity index (χ2v) is 9.36. The van der Waals surface area contributed by atoms with Crippen molar-refractivity contribution in [2.75, 3.05) is 12.0 Å². The highest BCUT2D eigenvalue weighted by Gasteiger charge is 2.33. The largest absolute Gasteiger partial charge is 0.348 e. The number of rotatable bonds is 5. The maximum atomic E-state index is 12.3. The van der Waals surface area contributed by atoms with E-state index >= 15 is 0 Å². The van der Waals surface area contributed by atoms with Crippen molar-refractivity contribution >= 4 is 28.2 Å². The summed E-state index contributed by atoms with van der Waals surface area (Å²) in [4.78, 5) is 12.3. The summed E-state index contributed by atoms with van der Waals surface area (Å²) >= 11 is 0. The van der Waals surface area contributed by atoms with E-state index in [9.17, 15) is 13.2 Å². The molecule has 0 aromatic heterocycles. The van der Waals surface area contributed by atoms with E-state index in [1.165, 1.54) is 5.56 Å². The first-order chi connectivity index (χ1) is 10.6. The summed E-state index contributed by atoms with van der Waals surface area (Å²) in [5.41, 5.74) is 8.31. The number of halogens is 1. The third kappa shape index (κ3) is 5.19. The van der Waals surface area contributed by atoms with Crippen LogP contribution in [0.25, 0.3) is 0 Å². The van der Waals surface area contributed by atoms with E-state index in [1.807, 2.05) is 18.2 Å². The smallest absolute Gasteiger partial charge is 0.237 e. The minimum Gasteiger partial charge on any atom is -0.348 e. The van der Waals surface area contributed by atoms with E-state index in [-0.39, 0.29) is 41.9 Å². The predicted molar refractivity (Wildman–Crippen MR) is 99.1 cm³/mol. The summed E-state index contributed by atoms with van der Waals surface area (Å²) < 4.78 is 22.4. The molecule has 0 aliphatic heterocycles. The van der Waals surface area contributed by atoms with Crippen LogP contribution in [0.2, 0.25) is 0 Å². The molecule has 1 aromatic rings. The molecule has 1 aliphatic carbocycles. The van der Waals surface area contributed by atoms with Crippen molar-refractivity contribution in [3.63, 3.8) is 0 Å². The fraction of sp³-hybridized carbons (Fsp3) is 0.588. The number of nitrogens with two attached hydrogens (primary N) is 1. The zero-order valence-corrected chi connectivity index (χ0v) is 16.0. The molecule has 7 heteroatoms. The Kier molecular flexibility index (Phi) is 6.84. The quantitative estimate of drug-likeness (QED) is 0.825. The van der Waals surface area contributed by atoms with Crippen molar-refractivity contribution in [2.24, 2.45) is 5.73 Å². The van der Waals surface area contributed by atoms with Crippen molar-refractivity contribution in [3.8, 4) is 0 Å². The number of benzene rings is 1. The molecular weight excluding hydrogens is 348 g/mol. The van der Waals surface area contributed by atoms with Gasteiger partial charge in [0.2, 0.25) is 5.91 Å². The fourth-order valence-corrected chi connectivity index (χ4v) is 3.80. The van der Waals surface area contributed by atoms with Gasteiger partial charge in [0, 0.05) is 6.26 Å². The summed E-state index contributed by atoms with van der Waals surface area (Å²) in [6, 6.07) is 7.29. The molecule has 2 atom stereocenters. The highest BCUT2D eigenvalue weighted by Crippen LogP contribution is 2.41. The van der Waals surface area contributed by atoms with E-state index < -0.39 is 15.9 Å². The molecule has 2 unspecified atom stereocenters. The summed E-state index contributed by atoms with van der Waals surface area (Å²) in [6.07, 6.45) is 3.13. The zero-order valence-electron chi connectivity index (χ0n) is 14.4. The van der Waals surface area contributed by atoms with Gasteiger partial charge in [-0.25, -0.2) is 8.42 Å². The van der Waals surface area contributed by atoms with Gasteiger partial charge in [0.25, 0.3) is 0 Å². The number of hydrogen-bond acceptors (Lipinski definition) is 4. The van der Waals surface area contributed by atoms with Gasteiger partial charge in [0.1, 0.15) is 9.84 Å². The standard InChI is InChI=1S/C17H26N2O3S.ClH/c1-17(2)10-8-15(12-6-4-5-7-13(12)17)19-16(20)14(18)9-11-23(3,21)22;/h4-7,14-15H,8-11,18H2,1-3H3,(H,19,20);1H. The van der Waals surface area contributed by atoms with Crippen LogP contribution < -0.4 is 11.1 Å². The minimum atomic E-state index is -3.11. The predicted octanol–water partition coefficient (Wildman–Crippen LogP) is 2.10. The van der Waals surface area contributed by atoms with Gasteiger partial charge in [-0.05, 0) is 35.8 Å². The lowest BCUT2D eigenvalue weighted by atomic mass is 9.71. The maximum absolute atomic E-state index is 12.3. The normalized spacial score (nSPS) is 20.4. The molecule has 0 heterocycles. The Morgan fingerprint density at radius 1 is 1.38 bits per heavy atom. The Hall–Kier alpha value is -1.11. The monoisotopic (exact) mass is 374 g/mol. The van der Waals surface area contributed by atoms with Crippen molar-refractivity contribution in [1.82, 2.24) is 5.32 Å². The molecule has 0 saturated heterocycles. The highest BCUT2D eigenvalue weighted by atomic mass is 35.5. The van der Waals surface area contributed by atoms with Crippen LogP contribution in [0.1, 0.15) is 50.3 Å². The van der Waals surface area contributed by atoms with Crippen LogP contribution in [0, 0.1) is 0 Å². The van der Waals surface area contributed by atoms with Gasteiger partial charge < -0.3 is 11.1 Å². The first-order valence-corrected chi connectivity index (χ1v) is 9.99. The molecule has 0 fully saturated rings. The Morgan fingerprint density at radius 3 is 2.62 bits per heavy atom. The SMILES string of the molecule is CC1(C)CCC(NC(=O)C(N)CCS(C)(=O)=O)c2ccccc21.Cl. The van der Waals surface area contributed by atoms with Gasteiger partial charge in [-0.2, -0.15) is 0 Å². The molecule has 3 N–H and O–H groups in total. The Labute approximate surface area is 150 Å². The van der Waals surface area contributed by atoms with E-state index in [2.05, 4.69) is 25.2 Å². The topological polar surface area (TPSA) is 89.3 Å². The van der Waals surface area contributed by atoms with Gasteiger partial charge in [0.05, 0.1) is 17.8 Å². The third-order valence-electron chi connectivity index (χ3n) is 4.58. The summed E-state index contributed by atoms with van der Waals surface area (Å²) in [6.45, 7) is 4.42.